The highest BCUT2D eigenvalue weighted by atomic mass is 16.7. The molecule has 0 saturated carbocycles. The van der Waals surface area contributed by atoms with Crippen LogP contribution in [0.15, 0.2) is 0 Å². The van der Waals surface area contributed by atoms with E-state index in [4.69, 9.17) is 9.47 Å². The first-order valence-corrected chi connectivity index (χ1v) is 5.99. The van der Waals surface area contributed by atoms with Gasteiger partial charge in [-0.2, -0.15) is 0 Å². The number of hydrogen-bond acceptors (Lipinski definition) is 4. The van der Waals surface area contributed by atoms with Gasteiger partial charge in [-0.05, 0) is 19.5 Å². The van der Waals surface area contributed by atoms with Crippen molar-refractivity contribution >= 4 is 0 Å². The third-order valence-corrected chi connectivity index (χ3v) is 2.84. The largest absolute Gasteiger partial charge is 0.355 e. The molecule has 4 heteroatoms. The molecular weight excluding hydrogens is 192 g/mol. The molecule has 15 heavy (non-hydrogen) atoms. The molecule has 0 aromatic heterocycles. The van der Waals surface area contributed by atoms with Gasteiger partial charge in [0, 0.05) is 19.6 Å². The van der Waals surface area contributed by atoms with Crippen molar-refractivity contribution in [3.8, 4) is 0 Å². The Morgan fingerprint density at radius 2 is 2.13 bits per heavy atom. The van der Waals surface area contributed by atoms with Crippen molar-refractivity contribution in [2.24, 2.45) is 0 Å². The summed E-state index contributed by atoms with van der Waals surface area (Å²) in [5.41, 5.74) is 0. The quantitative estimate of drug-likeness (QED) is 0.635. The number of nitrogens with zero attached hydrogens (tertiary/aromatic N) is 1. The molecule has 0 spiro atoms. The molecule has 0 aliphatic carbocycles. The van der Waals surface area contributed by atoms with Gasteiger partial charge in [0.25, 0.3) is 0 Å². The summed E-state index contributed by atoms with van der Waals surface area (Å²) in [5.74, 6) is 0. The molecule has 0 bridgehead atoms. The van der Waals surface area contributed by atoms with Gasteiger partial charge >= 0.3 is 0 Å². The summed E-state index contributed by atoms with van der Waals surface area (Å²) < 4.78 is 10.6. The van der Waals surface area contributed by atoms with E-state index in [-0.39, 0.29) is 0 Å². The Labute approximate surface area is 92.9 Å². The van der Waals surface area contributed by atoms with E-state index in [9.17, 15) is 0 Å². The fourth-order valence-electron chi connectivity index (χ4n) is 1.70. The molecule has 0 radical (unpaired) electrons. The third kappa shape index (κ3) is 5.47. The van der Waals surface area contributed by atoms with Gasteiger partial charge in [0.05, 0.1) is 12.7 Å². The lowest BCUT2D eigenvalue weighted by Crippen LogP contribution is -2.38. The number of ether oxygens (including phenoxy) is 2. The maximum absolute atomic E-state index is 5.44. The highest BCUT2D eigenvalue weighted by Crippen LogP contribution is 2.04. The highest BCUT2D eigenvalue weighted by Gasteiger charge is 2.12. The molecule has 0 aromatic carbocycles. The summed E-state index contributed by atoms with van der Waals surface area (Å²) in [6.07, 6.45) is 1.36. The van der Waals surface area contributed by atoms with Crippen LogP contribution in [0.3, 0.4) is 0 Å². The Balaban J connectivity index is 1.95. The Hall–Kier alpha value is -0.160. The van der Waals surface area contributed by atoms with E-state index < -0.39 is 0 Å². The van der Waals surface area contributed by atoms with Crippen LogP contribution in [-0.4, -0.2) is 57.1 Å². The lowest BCUT2D eigenvalue weighted by atomic mass is 10.2. The second kappa shape index (κ2) is 8.05. The van der Waals surface area contributed by atoms with Gasteiger partial charge in [-0.15, -0.1) is 0 Å². The van der Waals surface area contributed by atoms with Crippen LogP contribution >= 0.6 is 0 Å². The van der Waals surface area contributed by atoms with E-state index in [0.29, 0.717) is 12.9 Å². The second-order valence-electron chi connectivity index (χ2n) is 3.83. The van der Waals surface area contributed by atoms with Crippen LogP contribution in [0.5, 0.6) is 0 Å². The van der Waals surface area contributed by atoms with Crippen molar-refractivity contribution < 1.29 is 9.47 Å². The first-order chi connectivity index (χ1) is 7.36. The zero-order chi connectivity index (χ0) is 10.9. The summed E-state index contributed by atoms with van der Waals surface area (Å²) in [7, 11) is 0. The predicted octanol–water partition coefficient (Wildman–Crippen LogP) is 0.681. The van der Waals surface area contributed by atoms with Gasteiger partial charge in [0.2, 0.25) is 0 Å². The molecule has 1 fully saturated rings. The number of likely N-dealkylation sites (N-methyl/N-ethyl adjacent to an activating group) is 1. The maximum Gasteiger partial charge on any atom is 0.147 e. The van der Waals surface area contributed by atoms with Crippen molar-refractivity contribution in [3.63, 3.8) is 0 Å². The molecule has 1 unspecified atom stereocenters. The Bertz CT molecular complexity index is 146. The Morgan fingerprint density at radius 3 is 2.73 bits per heavy atom. The fourth-order valence-corrected chi connectivity index (χ4v) is 1.70. The number of hydrogen-bond donors (Lipinski definition) is 1. The summed E-state index contributed by atoms with van der Waals surface area (Å²) in [4.78, 5) is 2.41. The first kappa shape index (κ1) is 12.9. The maximum atomic E-state index is 5.44. The van der Waals surface area contributed by atoms with E-state index in [2.05, 4.69) is 24.1 Å². The SMILES string of the molecule is CCN(CC)CCNCC1CCOCO1. The molecule has 1 aliphatic rings. The van der Waals surface area contributed by atoms with E-state index >= 15 is 0 Å². The molecule has 4 nitrogen and oxygen atoms in total. The van der Waals surface area contributed by atoms with Crippen LogP contribution in [-0.2, 0) is 9.47 Å². The van der Waals surface area contributed by atoms with E-state index in [1.54, 1.807) is 0 Å². The smallest absolute Gasteiger partial charge is 0.147 e. The molecule has 1 heterocycles. The van der Waals surface area contributed by atoms with Crippen molar-refractivity contribution in [3.05, 3.63) is 0 Å². The minimum Gasteiger partial charge on any atom is -0.355 e. The van der Waals surface area contributed by atoms with Gasteiger partial charge in [-0.25, -0.2) is 0 Å². The van der Waals surface area contributed by atoms with E-state index in [1.165, 1.54) is 0 Å². The van der Waals surface area contributed by atoms with Crippen LogP contribution in [0.2, 0.25) is 0 Å². The minimum atomic E-state index is 0.343. The van der Waals surface area contributed by atoms with Gasteiger partial charge in [-0.3, -0.25) is 0 Å². The summed E-state index contributed by atoms with van der Waals surface area (Å²) >= 11 is 0. The van der Waals surface area contributed by atoms with Gasteiger partial charge in [0.1, 0.15) is 6.79 Å². The zero-order valence-electron chi connectivity index (χ0n) is 10.00. The first-order valence-electron chi connectivity index (χ1n) is 5.99. The van der Waals surface area contributed by atoms with E-state index in [0.717, 1.165) is 45.8 Å². The van der Waals surface area contributed by atoms with Crippen LogP contribution in [0.1, 0.15) is 20.3 Å². The Morgan fingerprint density at radius 1 is 1.33 bits per heavy atom. The molecule has 0 aromatic rings. The minimum absolute atomic E-state index is 0.343. The van der Waals surface area contributed by atoms with Crippen LogP contribution < -0.4 is 5.32 Å². The van der Waals surface area contributed by atoms with Crippen LogP contribution in [0.25, 0.3) is 0 Å². The summed E-state index contributed by atoms with van der Waals surface area (Å²) in [6, 6.07) is 0. The molecule has 1 rings (SSSR count). The molecule has 90 valence electrons. The molecule has 0 amide bonds. The molecule has 1 saturated heterocycles. The van der Waals surface area contributed by atoms with Crippen molar-refractivity contribution in [2.75, 3.05) is 46.1 Å². The normalized spacial score (nSPS) is 22.2. The predicted molar refractivity (Wildman–Crippen MR) is 61.0 cm³/mol. The van der Waals surface area contributed by atoms with Crippen molar-refractivity contribution in [2.45, 2.75) is 26.4 Å². The summed E-state index contributed by atoms with van der Waals surface area (Å²) in [6.45, 7) is 11.1. The Kier molecular flexibility index (Phi) is 6.92. The monoisotopic (exact) mass is 216 g/mol. The molecule has 1 atom stereocenters. The van der Waals surface area contributed by atoms with E-state index in [1.807, 2.05) is 0 Å². The number of nitrogens with one attached hydrogen (secondary N) is 1. The molecule has 1 N–H and O–H groups in total. The van der Waals surface area contributed by atoms with Crippen LogP contribution in [0.4, 0.5) is 0 Å². The fraction of sp³-hybridized carbons (Fsp3) is 1.00. The standard InChI is InChI=1S/C11H24N2O2/c1-3-13(4-2)7-6-12-9-11-5-8-14-10-15-11/h11-12H,3-10H2,1-2H3. The lowest BCUT2D eigenvalue weighted by molar-refractivity contribution is -0.137. The number of rotatable bonds is 7. The molecule has 1 aliphatic heterocycles. The molecular formula is C11H24N2O2. The van der Waals surface area contributed by atoms with Gasteiger partial charge < -0.3 is 19.7 Å². The zero-order valence-corrected chi connectivity index (χ0v) is 10.00. The van der Waals surface area contributed by atoms with Crippen molar-refractivity contribution in [1.29, 1.82) is 0 Å². The lowest BCUT2D eigenvalue weighted by Gasteiger charge is -2.24. The summed E-state index contributed by atoms with van der Waals surface area (Å²) in [5, 5.41) is 3.43. The second-order valence-corrected chi connectivity index (χ2v) is 3.83. The topological polar surface area (TPSA) is 33.7 Å². The average Bonchev–Trinajstić information content (AvgIpc) is 2.31. The van der Waals surface area contributed by atoms with Crippen molar-refractivity contribution in [1.82, 2.24) is 10.2 Å². The highest BCUT2D eigenvalue weighted by molar-refractivity contribution is 4.64. The van der Waals surface area contributed by atoms with Crippen LogP contribution in [0, 0.1) is 0 Å². The van der Waals surface area contributed by atoms with Gasteiger partial charge in [0.15, 0.2) is 0 Å². The van der Waals surface area contributed by atoms with Gasteiger partial charge in [-0.1, -0.05) is 13.8 Å². The average molecular weight is 216 g/mol. The third-order valence-electron chi connectivity index (χ3n) is 2.84.